The van der Waals surface area contributed by atoms with Gasteiger partial charge in [0.15, 0.2) is 0 Å². The Balaban J connectivity index is 2.80. The molecule has 92 valence electrons. The molecular weight excluding hydrogens is 286 g/mol. The van der Waals surface area contributed by atoms with Crippen molar-refractivity contribution in [2.45, 2.75) is 13.5 Å². The molecule has 0 saturated heterocycles. The number of hydrogen-bond donors (Lipinski definition) is 0. The molecule has 0 aliphatic rings. The Bertz CT molecular complexity index is 445. The summed E-state index contributed by atoms with van der Waals surface area (Å²) in [7, 11) is 2.76. The number of aryl methyl sites for hydroxylation is 1. The summed E-state index contributed by atoms with van der Waals surface area (Å²) < 4.78 is 5.33. The van der Waals surface area contributed by atoms with Crippen molar-refractivity contribution in [2.75, 3.05) is 14.2 Å². The Morgan fingerprint density at radius 2 is 2.06 bits per heavy atom. The number of carbonyl (C=O) groups is 2. The van der Waals surface area contributed by atoms with E-state index in [-0.39, 0.29) is 0 Å². The van der Waals surface area contributed by atoms with Gasteiger partial charge in [0.1, 0.15) is 0 Å². The second-order valence-corrected chi connectivity index (χ2v) is 4.64. The molecule has 1 rings (SSSR count). The molecule has 0 aromatic heterocycles. The molecule has 0 saturated carbocycles. The fraction of sp³-hybridized carbons (Fsp3) is 0.333. The highest BCUT2D eigenvalue weighted by atomic mass is 79.9. The largest absolute Gasteiger partial charge is 0.462 e. The van der Waals surface area contributed by atoms with Crippen LogP contribution in [0.2, 0.25) is 0 Å². The van der Waals surface area contributed by atoms with Crippen molar-refractivity contribution in [1.82, 2.24) is 4.90 Å². The summed E-state index contributed by atoms with van der Waals surface area (Å²) in [6, 6.07) is 5.81. The zero-order valence-corrected chi connectivity index (χ0v) is 11.6. The summed E-state index contributed by atoms with van der Waals surface area (Å²) in [5, 5.41) is 0. The van der Waals surface area contributed by atoms with Gasteiger partial charge in [0, 0.05) is 18.1 Å². The highest BCUT2D eigenvalue weighted by molar-refractivity contribution is 9.10. The standard InChI is InChI=1S/C12H14BrNO3/c1-8-4-5-10(13)6-9(8)7-14(2)11(15)12(16)17-3/h4-6H,7H2,1-3H3. The predicted octanol–water partition coefficient (Wildman–Crippen LogP) is 1.89. The van der Waals surface area contributed by atoms with E-state index in [0.717, 1.165) is 15.6 Å². The smallest absolute Gasteiger partial charge is 0.396 e. The van der Waals surface area contributed by atoms with E-state index in [4.69, 9.17) is 0 Å². The van der Waals surface area contributed by atoms with Gasteiger partial charge in [-0.3, -0.25) is 4.79 Å². The average molecular weight is 300 g/mol. The molecule has 0 bridgehead atoms. The van der Waals surface area contributed by atoms with E-state index in [0.29, 0.717) is 6.54 Å². The predicted molar refractivity (Wildman–Crippen MR) is 67.4 cm³/mol. The summed E-state index contributed by atoms with van der Waals surface area (Å²) in [6.45, 7) is 2.33. The number of rotatable bonds is 2. The normalized spacial score (nSPS) is 9.88. The first-order chi connectivity index (χ1) is 7.95. The molecule has 0 atom stereocenters. The number of methoxy groups -OCH3 is 1. The lowest BCUT2D eigenvalue weighted by atomic mass is 10.1. The van der Waals surface area contributed by atoms with Crippen LogP contribution in [0, 0.1) is 6.92 Å². The van der Waals surface area contributed by atoms with Crippen molar-refractivity contribution in [3.05, 3.63) is 33.8 Å². The zero-order valence-electron chi connectivity index (χ0n) is 9.99. The molecule has 17 heavy (non-hydrogen) atoms. The van der Waals surface area contributed by atoms with E-state index in [1.165, 1.54) is 12.0 Å². The number of halogens is 1. The highest BCUT2D eigenvalue weighted by Gasteiger charge is 2.19. The number of likely N-dealkylation sites (N-methyl/N-ethyl adjacent to an activating group) is 1. The van der Waals surface area contributed by atoms with Gasteiger partial charge in [0.05, 0.1) is 7.11 Å². The molecule has 0 spiro atoms. The van der Waals surface area contributed by atoms with Gasteiger partial charge in [-0.05, 0) is 30.2 Å². The third kappa shape index (κ3) is 3.56. The maximum atomic E-state index is 11.5. The molecule has 0 unspecified atom stereocenters. The molecule has 1 amide bonds. The molecular formula is C12H14BrNO3. The topological polar surface area (TPSA) is 46.6 Å². The van der Waals surface area contributed by atoms with Crippen LogP contribution < -0.4 is 0 Å². The van der Waals surface area contributed by atoms with Crippen molar-refractivity contribution in [3.63, 3.8) is 0 Å². The first-order valence-corrected chi connectivity index (χ1v) is 5.83. The Morgan fingerprint density at radius 1 is 1.41 bits per heavy atom. The number of carbonyl (C=O) groups excluding carboxylic acids is 2. The van der Waals surface area contributed by atoms with Gasteiger partial charge in [-0.1, -0.05) is 22.0 Å². The molecule has 5 heteroatoms. The molecule has 0 radical (unpaired) electrons. The van der Waals surface area contributed by atoms with E-state index in [1.54, 1.807) is 7.05 Å². The van der Waals surface area contributed by atoms with Crippen molar-refractivity contribution >= 4 is 27.8 Å². The number of amides is 1. The van der Waals surface area contributed by atoms with E-state index in [9.17, 15) is 9.59 Å². The fourth-order valence-corrected chi connectivity index (χ4v) is 1.79. The van der Waals surface area contributed by atoms with Crippen LogP contribution in [0.1, 0.15) is 11.1 Å². The molecule has 4 nitrogen and oxygen atoms in total. The number of hydrogen-bond acceptors (Lipinski definition) is 3. The first kappa shape index (κ1) is 13.7. The second-order valence-electron chi connectivity index (χ2n) is 3.72. The Hall–Kier alpha value is -1.36. The summed E-state index contributed by atoms with van der Waals surface area (Å²) in [5.74, 6) is -1.49. The van der Waals surface area contributed by atoms with Crippen LogP contribution >= 0.6 is 15.9 Å². The Kier molecular flexibility index (Phi) is 4.69. The van der Waals surface area contributed by atoms with E-state index in [1.807, 2.05) is 25.1 Å². The summed E-state index contributed by atoms with van der Waals surface area (Å²) in [5.41, 5.74) is 2.05. The Labute approximate surface area is 109 Å². The van der Waals surface area contributed by atoms with E-state index >= 15 is 0 Å². The molecule has 0 aliphatic heterocycles. The van der Waals surface area contributed by atoms with E-state index in [2.05, 4.69) is 20.7 Å². The molecule has 0 heterocycles. The number of ether oxygens (including phenoxy) is 1. The van der Waals surface area contributed by atoms with Gasteiger partial charge in [0.25, 0.3) is 0 Å². The van der Waals surface area contributed by atoms with Crippen LogP contribution in [0.4, 0.5) is 0 Å². The zero-order chi connectivity index (χ0) is 13.0. The number of nitrogens with zero attached hydrogens (tertiary/aromatic N) is 1. The van der Waals surface area contributed by atoms with Gasteiger partial charge in [-0.2, -0.15) is 0 Å². The molecule has 1 aromatic rings. The first-order valence-electron chi connectivity index (χ1n) is 5.04. The van der Waals surface area contributed by atoms with Crippen LogP contribution in [0.3, 0.4) is 0 Å². The summed E-state index contributed by atoms with van der Waals surface area (Å²) >= 11 is 3.37. The lowest BCUT2D eigenvalue weighted by molar-refractivity contribution is -0.157. The number of benzene rings is 1. The van der Waals surface area contributed by atoms with Crippen molar-refractivity contribution < 1.29 is 14.3 Å². The van der Waals surface area contributed by atoms with Crippen LogP contribution in [-0.4, -0.2) is 30.9 Å². The molecule has 0 aliphatic carbocycles. The minimum Gasteiger partial charge on any atom is -0.462 e. The maximum Gasteiger partial charge on any atom is 0.396 e. The summed E-state index contributed by atoms with van der Waals surface area (Å²) in [6.07, 6.45) is 0. The van der Waals surface area contributed by atoms with Crippen LogP contribution in [0.5, 0.6) is 0 Å². The van der Waals surface area contributed by atoms with Gasteiger partial charge in [0.2, 0.25) is 0 Å². The SMILES string of the molecule is COC(=O)C(=O)N(C)Cc1cc(Br)ccc1C. The minimum atomic E-state index is -0.847. The third-order valence-electron chi connectivity index (χ3n) is 2.43. The molecule has 0 N–H and O–H groups in total. The van der Waals surface area contributed by atoms with Gasteiger partial charge in [-0.25, -0.2) is 4.79 Å². The van der Waals surface area contributed by atoms with Gasteiger partial charge >= 0.3 is 11.9 Å². The lowest BCUT2D eigenvalue weighted by Crippen LogP contribution is -2.33. The third-order valence-corrected chi connectivity index (χ3v) is 2.92. The van der Waals surface area contributed by atoms with Crippen molar-refractivity contribution in [2.24, 2.45) is 0 Å². The number of esters is 1. The molecule has 0 fully saturated rings. The highest BCUT2D eigenvalue weighted by Crippen LogP contribution is 2.17. The fourth-order valence-electron chi connectivity index (χ4n) is 1.38. The average Bonchev–Trinajstić information content (AvgIpc) is 2.31. The molecule has 1 aromatic carbocycles. The second kappa shape index (κ2) is 5.82. The lowest BCUT2D eigenvalue weighted by Gasteiger charge is -2.17. The van der Waals surface area contributed by atoms with Crippen LogP contribution in [0.25, 0.3) is 0 Å². The van der Waals surface area contributed by atoms with Crippen LogP contribution in [0.15, 0.2) is 22.7 Å². The summed E-state index contributed by atoms with van der Waals surface area (Å²) in [4.78, 5) is 23.9. The maximum absolute atomic E-state index is 11.5. The van der Waals surface area contributed by atoms with E-state index < -0.39 is 11.9 Å². The van der Waals surface area contributed by atoms with Crippen molar-refractivity contribution in [1.29, 1.82) is 0 Å². The van der Waals surface area contributed by atoms with Gasteiger partial charge < -0.3 is 9.64 Å². The quantitative estimate of drug-likeness (QED) is 0.619. The van der Waals surface area contributed by atoms with Crippen molar-refractivity contribution in [3.8, 4) is 0 Å². The minimum absolute atomic E-state index is 0.374. The van der Waals surface area contributed by atoms with Gasteiger partial charge in [-0.15, -0.1) is 0 Å². The Morgan fingerprint density at radius 3 is 2.65 bits per heavy atom. The van der Waals surface area contributed by atoms with Crippen LogP contribution in [-0.2, 0) is 20.9 Å². The monoisotopic (exact) mass is 299 g/mol.